The third-order valence-electron chi connectivity index (χ3n) is 0.0962. The molecule has 0 saturated heterocycles. The normalized spacial score (nSPS) is 6.00. The van der Waals surface area contributed by atoms with Crippen LogP contribution in [0.1, 0.15) is 0 Å². The maximum absolute atomic E-state index is 9.00. The van der Waals surface area contributed by atoms with Crippen LogP contribution >= 0.6 is 0 Å². The minimum absolute atomic E-state index is 0.117. The molecule has 0 fully saturated rings. The van der Waals surface area contributed by atoms with Crippen LogP contribution in [0.15, 0.2) is 0 Å². The second-order valence-electron chi connectivity index (χ2n) is 0.332. The van der Waals surface area contributed by atoms with Gasteiger partial charge in [-0.3, -0.25) is 0 Å². The summed E-state index contributed by atoms with van der Waals surface area (Å²) in [5.41, 5.74) is 0. The van der Waals surface area contributed by atoms with E-state index in [4.69, 9.17) is 4.79 Å². The van der Waals surface area contributed by atoms with E-state index in [2.05, 4.69) is 3.07 Å². The zero-order valence-electron chi connectivity index (χ0n) is 2.39. The Bertz CT molecular complexity index is 20.0. The van der Waals surface area contributed by atoms with Crippen LogP contribution in [0, 0.1) is 0 Å². The number of rotatable bonds is 1. The minimum atomic E-state index is 0.117. The van der Waals surface area contributed by atoms with Crippen LogP contribution in [0.2, 0.25) is 0 Å². The Morgan fingerprint density at radius 1 is 2.00 bits per heavy atom. The van der Waals surface area contributed by atoms with E-state index in [1.807, 2.05) is 0 Å². The van der Waals surface area contributed by atoms with Gasteiger partial charge in [0.25, 0.3) is 0 Å². The van der Waals surface area contributed by atoms with Gasteiger partial charge in [0.2, 0.25) is 0 Å². The van der Waals surface area contributed by atoms with Gasteiger partial charge >= 0.3 is 37.3 Å². The zero-order chi connectivity index (χ0) is 3.41. The Morgan fingerprint density at radius 3 is 2.25 bits per heavy atom. The third kappa shape index (κ3) is 2.27. The molecule has 0 aromatic carbocycles. The van der Waals surface area contributed by atoms with Crippen molar-refractivity contribution >= 4 is 29.4 Å². The molecule has 0 N–H and O–H groups in total. The average Bonchev–Trinajstić information content (AvgIpc) is 1.37. The molecule has 0 bridgehead atoms. The first-order valence-electron chi connectivity index (χ1n) is 0.880. The molecular formula is CH4O2Sn. The van der Waals surface area contributed by atoms with Crippen molar-refractivity contribution in [2.24, 2.45) is 0 Å². The summed E-state index contributed by atoms with van der Waals surface area (Å²) >= 11 is 0.117. The van der Waals surface area contributed by atoms with Gasteiger partial charge in [-0.05, 0) is 0 Å². The molecule has 0 heterocycles. The summed E-state index contributed by atoms with van der Waals surface area (Å²) in [4.78, 5) is 9.00. The Balaban J connectivity index is 2.30. The number of carbonyl (C=O) groups excluding carboxylic acids is 1. The first-order chi connectivity index (χ1) is 1.91. The van der Waals surface area contributed by atoms with E-state index in [1.54, 1.807) is 0 Å². The Kier molecular flexibility index (Phi) is 3.49. The Hall–Kier alpha value is 0.269. The number of carbonyl (C=O) groups is 1. The van der Waals surface area contributed by atoms with Crippen molar-refractivity contribution < 1.29 is 7.87 Å². The van der Waals surface area contributed by atoms with Crippen LogP contribution in [0.25, 0.3) is 0 Å². The SMILES string of the molecule is O=C[O][SnH3]. The van der Waals surface area contributed by atoms with Crippen LogP contribution < -0.4 is 0 Å². The van der Waals surface area contributed by atoms with Gasteiger partial charge in [-0.2, -0.15) is 0 Å². The van der Waals surface area contributed by atoms with E-state index >= 15 is 0 Å². The van der Waals surface area contributed by atoms with E-state index in [9.17, 15) is 0 Å². The average molecular weight is 167 g/mol. The fourth-order valence-electron chi connectivity index (χ4n) is 0. The van der Waals surface area contributed by atoms with E-state index < -0.39 is 0 Å². The summed E-state index contributed by atoms with van der Waals surface area (Å²) in [6.45, 7) is 0.468. The monoisotopic (exact) mass is 168 g/mol. The first-order valence-corrected chi connectivity index (χ1v) is 3.21. The van der Waals surface area contributed by atoms with Gasteiger partial charge in [0.15, 0.2) is 0 Å². The molecule has 0 saturated carbocycles. The third-order valence-corrected chi connectivity index (χ3v) is 0.645. The molecule has 0 atom stereocenters. The fourth-order valence-corrected chi connectivity index (χ4v) is 0. The molecule has 2 nitrogen and oxygen atoms in total. The molecular weight excluding hydrogens is 163 g/mol. The van der Waals surface area contributed by atoms with Gasteiger partial charge in [0.05, 0.1) is 0 Å². The summed E-state index contributed by atoms with van der Waals surface area (Å²) in [6.07, 6.45) is 0. The van der Waals surface area contributed by atoms with Gasteiger partial charge in [0, 0.05) is 0 Å². The van der Waals surface area contributed by atoms with Crippen LogP contribution in [-0.2, 0) is 7.87 Å². The van der Waals surface area contributed by atoms with Crippen LogP contribution in [0.4, 0.5) is 0 Å². The van der Waals surface area contributed by atoms with Gasteiger partial charge in [-0.15, -0.1) is 0 Å². The first kappa shape index (κ1) is 4.27. The fraction of sp³-hybridized carbons (Fsp3) is 0. The van der Waals surface area contributed by atoms with E-state index in [0.717, 1.165) is 0 Å². The molecule has 4 heavy (non-hydrogen) atoms. The van der Waals surface area contributed by atoms with Gasteiger partial charge in [-0.1, -0.05) is 0 Å². The molecule has 3 heteroatoms. The van der Waals surface area contributed by atoms with Crippen molar-refractivity contribution in [1.82, 2.24) is 0 Å². The van der Waals surface area contributed by atoms with Crippen LogP contribution in [-0.4, -0.2) is 29.4 Å². The van der Waals surface area contributed by atoms with E-state index in [0.29, 0.717) is 6.47 Å². The van der Waals surface area contributed by atoms with Crippen LogP contribution in [0.3, 0.4) is 0 Å². The molecule has 0 aliphatic rings. The van der Waals surface area contributed by atoms with Crippen molar-refractivity contribution in [3.63, 3.8) is 0 Å². The molecule has 0 aromatic rings. The topological polar surface area (TPSA) is 26.3 Å². The maximum atomic E-state index is 9.00. The number of hydrogen-bond acceptors (Lipinski definition) is 2. The summed E-state index contributed by atoms with van der Waals surface area (Å²) in [6, 6.07) is 0. The molecule has 0 amide bonds. The quantitative estimate of drug-likeness (QED) is 0.348. The van der Waals surface area contributed by atoms with Gasteiger partial charge < -0.3 is 0 Å². The van der Waals surface area contributed by atoms with E-state index in [-0.39, 0.29) is 22.9 Å². The molecule has 0 aliphatic heterocycles. The molecule has 0 spiro atoms. The molecule has 0 radical (unpaired) electrons. The van der Waals surface area contributed by atoms with Crippen molar-refractivity contribution in [1.29, 1.82) is 0 Å². The predicted molar refractivity (Wildman–Crippen MR) is 17.1 cm³/mol. The summed E-state index contributed by atoms with van der Waals surface area (Å²) in [5, 5.41) is 0. The van der Waals surface area contributed by atoms with Crippen LogP contribution in [0.5, 0.6) is 0 Å². The summed E-state index contributed by atoms with van der Waals surface area (Å²) < 4.78 is 4.07. The number of hydrogen-bond donors (Lipinski definition) is 0. The predicted octanol–water partition coefficient (Wildman–Crippen LogP) is -1.56. The molecule has 0 aromatic heterocycles. The summed E-state index contributed by atoms with van der Waals surface area (Å²) in [7, 11) is 0. The Morgan fingerprint density at radius 2 is 2.25 bits per heavy atom. The zero-order valence-corrected chi connectivity index (χ0v) is 8.10. The standard InChI is InChI=1S/CH2O2.Sn.3H/c2-1-3;;;;/h1H,(H,2,3);;;;/q;+1;;;/p-1. The van der Waals surface area contributed by atoms with Crippen molar-refractivity contribution in [3.05, 3.63) is 0 Å². The van der Waals surface area contributed by atoms with Gasteiger partial charge in [-0.25, -0.2) is 0 Å². The summed E-state index contributed by atoms with van der Waals surface area (Å²) in [5.74, 6) is 0. The van der Waals surface area contributed by atoms with E-state index in [1.165, 1.54) is 0 Å². The molecule has 0 aliphatic carbocycles. The second kappa shape index (κ2) is 3.27. The Labute approximate surface area is 37.8 Å². The molecule has 24 valence electrons. The van der Waals surface area contributed by atoms with Gasteiger partial charge in [0.1, 0.15) is 0 Å². The molecule has 0 unspecified atom stereocenters. The van der Waals surface area contributed by atoms with Crippen molar-refractivity contribution in [2.75, 3.05) is 0 Å². The van der Waals surface area contributed by atoms with Crippen molar-refractivity contribution in [3.8, 4) is 0 Å². The second-order valence-corrected chi connectivity index (χ2v) is 1.68. The molecule has 0 rings (SSSR count). The van der Waals surface area contributed by atoms with Crippen molar-refractivity contribution in [2.45, 2.75) is 0 Å².